The second kappa shape index (κ2) is 8.94. The molecule has 1 aromatic rings. The van der Waals surface area contributed by atoms with Gasteiger partial charge in [-0.05, 0) is 24.1 Å². The van der Waals surface area contributed by atoms with Gasteiger partial charge >= 0.3 is 0 Å². The molecule has 0 saturated carbocycles. The largest absolute Gasteiger partial charge is 0.489 e. The van der Waals surface area contributed by atoms with Crippen LogP contribution in [-0.2, 0) is 11.3 Å². The smallest absolute Gasteiger partial charge is 0.120 e. The predicted octanol–water partition coefficient (Wildman–Crippen LogP) is 3.38. The second-order valence-electron chi connectivity index (χ2n) is 5.17. The molecular formula is C16H27NO2. The molecule has 0 heterocycles. The van der Waals surface area contributed by atoms with Crippen molar-refractivity contribution < 1.29 is 9.47 Å². The molecule has 0 aliphatic heterocycles. The summed E-state index contributed by atoms with van der Waals surface area (Å²) in [5, 5.41) is 3.44. The van der Waals surface area contributed by atoms with E-state index in [9.17, 15) is 0 Å². The van der Waals surface area contributed by atoms with Crippen LogP contribution in [0, 0.1) is 0 Å². The van der Waals surface area contributed by atoms with Gasteiger partial charge in [0.1, 0.15) is 11.9 Å². The van der Waals surface area contributed by atoms with Gasteiger partial charge in [-0.2, -0.15) is 0 Å². The fraction of sp³-hybridized carbons (Fsp3) is 0.625. The monoisotopic (exact) mass is 265 g/mol. The van der Waals surface area contributed by atoms with Crippen LogP contribution in [0.2, 0.25) is 0 Å². The summed E-state index contributed by atoms with van der Waals surface area (Å²) in [6.45, 7) is 8.01. The van der Waals surface area contributed by atoms with E-state index in [0.717, 1.165) is 30.7 Å². The fourth-order valence-electron chi connectivity index (χ4n) is 1.96. The molecular weight excluding hydrogens is 238 g/mol. The van der Waals surface area contributed by atoms with Crippen molar-refractivity contribution in [1.29, 1.82) is 0 Å². The Kier molecular flexibility index (Phi) is 7.53. The van der Waals surface area contributed by atoms with Crippen molar-refractivity contribution >= 4 is 0 Å². The van der Waals surface area contributed by atoms with Crippen molar-refractivity contribution in [3.63, 3.8) is 0 Å². The first kappa shape index (κ1) is 16.0. The zero-order valence-corrected chi connectivity index (χ0v) is 12.6. The third-order valence-electron chi connectivity index (χ3n) is 2.88. The first-order valence-corrected chi connectivity index (χ1v) is 7.13. The lowest BCUT2D eigenvalue weighted by atomic mass is 10.2. The van der Waals surface area contributed by atoms with Crippen LogP contribution in [0.3, 0.4) is 0 Å². The van der Waals surface area contributed by atoms with Crippen LogP contribution in [0.1, 0.15) is 39.2 Å². The van der Waals surface area contributed by atoms with E-state index in [4.69, 9.17) is 9.47 Å². The van der Waals surface area contributed by atoms with Gasteiger partial charge in [-0.25, -0.2) is 0 Å². The molecule has 0 aliphatic rings. The Balaban J connectivity index is 2.59. The second-order valence-corrected chi connectivity index (χ2v) is 5.17. The third kappa shape index (κ3) is 6.60. The summed E-state index contributed by atoms with van der Waals surface area (Å²) in [6, 6.07) is 8.63. The molecule has 0 bridgehead atoms. The molecule has 0 fully saturated rings. The van der Waals surface area contributed by atoms with E-state index in [1.807, 2.05) is 12.1 Å². The third-order valence-corrected chi connectivity index (χ3v) is 2.88. The molecule has 3 heteroatoms. The number of nitrogens with one attached hydrogen (secondary N) is 1. The molecule has 1 aromatic carbocycles. The average Bonchev–Trinajstić information content (AvgIpc) is 2.37. The summed E-state index contributed by atoms with van der Waals surface area (Å²) in [7, 11) is 1.71. The minimum Gasteiger partial charge on any atom is -0.489 e. The molecule has 0 amide bonds. The molecule has 1 atom stereocenters. The summed E-state index contributed by atoms with van der Waals surface area (Å²) in [5.41, 5.74) is 1.15. The zero-order valence-electron chi connectivity index (χ0n) is 12.6. The highest BCUT2D eigenvalue weighted by molar-refractivity contribution is 5.28. The minimum absolute atomic E-state index is 0.227. The Morgan fingerprint density at radius 2 is 2.05 bits per heavy atom. The van der Waals surface area contributed by atoms with E-state index in [0.29, 0.717) is 12.6 Å². The average molecular weight is 265 g/mol. The lowest BCUT2D eigenvalue weighted by Gasteiger charge is -2.21. The van der Waals surface area contributed by atoms with Gasteiger partial charge in [0.2, 0.25) is 0 Å². The van der Waals surface area contributed by atoms with Crippen molar-refractivity contribution in [2.45, 2.75) is 52.4 Å². The van der Waals surface area contributed by atoms with Crippen LogP contribution in [0.4, 0.5) is 0 Å². The van der Waals surface area contributed by atoms with Crippen molar-refractivity contribution in [3.8, 4) is 5.75 Å². The van der Waals surface area contributed by atoms with Gasteiger partial charge in [0.25, 0.3) is 0 Å². The van der Waals surface area contributed by atoms with E-state index < -0.39 is 0 Å². The maximum atomic E-state index is 6.07. The van der Waals surface area contributed by atoms with Crippen LogP contribution >= 0.6 is 0 Å². The Labute approximate surface area is 117 Å². The van der Waals surface area contributed by atoms with Gasteiger partial charge in [-0.15, -0.1) is 0 Å². The molecule has 108 valence electrons. The molecule has 0 spiro atoms. The summed E-state index contributed by atoms with van der Waals surface area (Å²) in [4.78, 5) is 0. The molecule has 19 heavy (non-hydrogen) atoms. The Bertz CT molecular complexity index is 352. The first-order chi connectivity index (χ1) is 9.15. The van der Waals surface area contributed by atoms with Crippen molar-refractivity contribution in [3.05, 3.63) is 29.8 Å². The molecule has 1 rings (SSSR count). The number of hydrogen-bond donors (Lipinski definition) is 1. The number of hydrogen-bond acceptors (Lipinski definition) is 3. The topological polar surface area (TPSA) is 30.5 Å². The zero-order chi connectivity index (χ0) is 14.1. The van der Waals surface area contributed by atoms with Crippen molar-refractivity contribution in [1.82, 2.24) is 5.32 Å². The Morgan fingerprint density at radius 3 is 2.68 bits per heavy atom. The minimum atomic E-state index is 0.227. The highest BCUT2D eigenvalue weighted by Gasteiger charge is 2.10. The Morgan fingerprint density at radius 1 is 1.26 bits per heavy atom. The molecule has 3 nitrogen and oxygen atoms in total. The SMILES string of the molecule is CCCC(CNC(C)C)Oc1cccc(COC)c1. The van der Waals surface area contributed by atoms with Gasteiger partial charge in [-0.3, -0.25) is 0 Å². The van der Waals surface area contributed by atoms with E-state index in [2.05, 4.69) is 38.2 Å². The Hall–Kier alpha value is -1.06. The molecule has 0 aliphatic carbocycles. The number of benzene rings is 1. The quantitative estimate of drug-likeness (QED) is 0.742. The number of methoxy groups -OCH3 is 1. The van der Waals surface area contributed by atoms with Gasteiger partial charge in [-0.1, -0.05) is 39.3 Å². The lowest BCUT2D eigenvalue weighted by molar-refractivity contribution is 0.177. The molecule has 0 radical (unpaired) electrons. The van der Waals surface area contributed by atoms with Gasteiger partial charge in [0, 0.05) is 19.7 Å². The van der Waals surface area contributed by atoms with Crippen LogP contribution in [0.25, 0.3) is 0 Å². The lowest BCUT2D eigenvalue weighted by Crippen LogP contribution is -2.35. The molecule has 1 N–H and O–H groups in total. The van der Waals surface area contributed by atoms with Crippen molar-refractivity contribution in [2.24, 2.45) is 0 Å². The molecule has 1 unspecified atom stereocenters. The van der Waals surface area contributed by atoms with Crippen LogP contribution in [0.5, 0.6) is 5.75 Å². The number of ether oxygens (including phenoxy) is 2. The van der Waals surface area contributed by atoms with Gasteiger partial charge in [0.05, 0.1) is 6.61 Å². The van der Waals surface area contributed by atoms with E-state index in [1.54, 1.807) is 7.11 Å². The predicted molar refractivity (Wildman–Crippen MR) is 79.6 cm³/mol. The van der Waals surface area contributed by atoms with Crippen LogP contribution < -0.4 is 10.1 Å². The van der Waals surface area contributed by atoms with Crippen LogP contribution in [-0.4, -0.2) is 25.8 Å². The van der Waals surface area contributed by atoms with Crippen molar-refractivity contribution in [2.75, 3.05) is 13.7 Å². The number of rotatable bonds is 9. The van der Waals surface area contributed by atoms with E-state index in [1.165, 1.54) is 0 Å². The fourth-order valence-corrected chi connectivity index (χ4v) is 1.96. The highest BCUT2D eigenvalue weighted by Crippen LogP contribution is 2.17. The maximum absolute atomic E-state index is 6.07. The van der Waals surface area contributed by atoms with Gasteiger partial charge in [0.15, 0.2) is 0 Å². The van der Waals surface area contributed by atoms with Crippen LogP contribution in [0.15, 0.2) is 24.3 Å². The standard InChI is InChI=1S/C16H27NO2/c1-5-7-16(11-17-13(2)3)19-15-9-6-8-14(10-15)12-18-4/h6,8-10,13,16-17H,5,7,11-12H2,1-4H3. The van der Waals surface area contributed by atoms with E-state index in [-0.39, 0.29) is 6.10 Å². The molecule has 0 saturated heterocycles. The highest BCUT2D eigenvalue weighted by atomic mass is 16.5. The summed E-state index contributed by atoms with van der Waals surface area (Å²) >= 11 is 0. The summed E-state index contributed by atoms with van der Waals surface area (Å²) in [6.07, 6.45) is 2.42. The normalized spacial score (nSPS) is 12.7. The summed E-state index contributed by atoms with van der Waals surface area (Å²) < 4.78 is 11.2. The van der Waals surface area contributed by atoms with E-state index >= 15 is 0 Å². The summed E-state index contributed by atoms with van der Waals surface area (Å²) in [5.74, 6) is 0.929. The first-order valence-electron chi connectivity index (χ1n) is 7.13. The van der Waals surface area contributed by atoms with Gasteiger partial charge < -0.3 is 14.8 Å². The maximum Gasteiger partial charge on any atom is 0.120 e. The molecule has 0 aromatic heterocycles.